The van der Waals surface area contributed by atoms with Crippen LogP contribution in [-0.2, 0) is 10.0 Å². The zero-order valence-corrected chi connectivity index (χ0v) is 11.9. The Balaban J connectivity index is 1.98. The Morgan fingerprint density at radius 2 is 2.00 bits per heavy atom. The molecule has 1 aliphatic rings. The Morgan fingerprint density at radius 3 is 2.60 bits per heavy atom. The summed E-state index contributed by atoms with van der Waals surface area (Å²) in [5.41, 5.74) is 0.430. The molecule has 20 heavy (non-hydrogen) atoms. The van der Waals surface area contributed by atoms with Crippen molar-refractivity contribution >= 4 is 10.0 Å². The summed E-state index contributed by atoms with van der Waals surface area (Å²) in [7, 11) is -3.54. The van der Waals surface area contributed by atoms with Crippen molar-refractivity contribution in [2.75, 3.05) is 6.54 Å². The minimum Gasteiger partial charge on any atom is -0.393 e. The quantitative estimate of drug-likeness (QED) is 0.878. The highest BCUT2D eigenvalue weighted by Crippen LogP contribution is 2.24. The van der Waals surface area contributed by atoms with Crippen molar-refractivity contribution in [2.45, 2.75) is 36.7 Å². The monoisotopic (exact) mass is 294 g/mol. The molecule has 0 saturated heterocycles. The van der Waals surface area contributed by atoms with E-state index in [0.29, 0.717) is 18.5 Å². The molecular formula is C14H18N2O3S. The maximum Gasteiger partial charge on any atom is 0.240 e. The first-order chi connectivity index (χ1) is 9.51. The van der Waals surface area contributed by atoms with Gasteiger partial charge < -0.3 is 5.11 Å². The fourth-order valence-corrected chi connectivity index (χ4v) is 3.58. The van der Waals surface area contributed by atoms with E-state index in [2.05, 4.69) is 4.72 Å². The number of nitrogens with zero attached hydrogens (tertiary/aromatic N) is 1. The van der Waals surface area contributed by atoms with Gasteiger partial charge in [0.05, 0.1) is 22.6 Å². The highest BCUT2D eigenvalue weighted by atomic mass is 32.2. The maximum absolute atomic E-state index is 12.1. The van der Waals surface area contributed by atoms with Gasteiger partial charge in [-0.15, -0.1) is 0 Å². The number of nitriles is 1. The van der Waals surface area contributed by atoms with E-state index in [4.69, 9.17) is 5.26 Å². The first kappa shape index (κ1) is 15.0. The molecule has 2 N–H and O–H groups in total. The zero-order chi connectivity index (χ0) is 14.6. The lowest BCUT2D eigenvalue weighted by molar-refractivity contribution is 0.102. The number of aliphatic hydroxyl groups excluding tert-OH is 1. The molecule has 108 valence electrons. The molecule has 0 unspecified atom stereocenters. The van der Waals surface area contributed by atoms with E-state index in [-0.39, 0.29) is 16.9 Å². The summed E-state index contributed by atoms with van der Waals surface area (Å²) < 4.78 is 26.8. The third-order valence-electron chi connectivity index (χ3n) is 3.61. The SMILES string of the molecule is N#Cc1ccc(S(=O)(=O)NC[C@@H]2CCC[C@H](O)C2)cc1. The summed E-state index contributed by atoms with van der Waals surface area (Å²) in [4.78, 5) is 0.160. The molecule has 1 aliphatic carbocycles. The topological polar surface area (TPSA) is 90.2 Å². The van der Waals surface area contributed by atoms with E-state index in [9.17, 15) is 13.5 Å². The molecular weight excluding hydrogens is 276 g/mol. The summed E-state index contributed by atoms with van der Waals surface area (Å²) in [5, 5.41) is 18.3. The average molecular weight is 294 g/mol. The van der Waals surface area contributed by atoms with Crippen LogP contribution in [0.3, 0.4) is 0 Å². The molecule has 1 aromatic rings. The second kappa shape index (κ2) is 6.35. The number of aliphatic hydroxyl groups is 1. The van der Waals surface area contributed by atoms with Gasteiger partial charge in [0, 0.05) is 6.54 Å². The number of benzene rings is 1. The van der Waals surface area contributed by atoms with E-state index in [0.717, 1.165) is 19.3 Å². The van der Waals surface area contributed by atoms with Gasteiger partial charge in [0.1, 0.15) is 0 Å². The summed E-state index contributed by atoms with van der Waals surface area (Å²) in [6.45, 7) is 0.347. The third-order valence-corrected chi connectivity index (χ3v) is 5.05. The molecule has 0 spiro atoms. The third kappa shape index (κ3) is 3.79. The number of hydrogen-bond donors (Lipinski definition) is 2. The first-order valence-electron chi connectivity index (χ1n) is 6.69. The predicted octanol–water partition coefficient (Wildman–Crippen LogP) is 1.39. The molecule has 2 atom stereocenters. The summed E-state index contributed by atoms with van der Waals surface area (Å²) >= 11 is 0. The smallest absolute Gasteiger partial charge is 0.240 e. The Morgan fingerprint density at radius 1 is 1.30 bits per heavy atom. The molecule has 5 nitrogen and oxygen atoms in total. The minimum absolute atomic E-state index is 0.160. The van der Waals surface area contributed by atoms with Crippen LogP contribution < -0.4 is 4.72 Å². The Labute approximate surface area is 119 Å². The second-order valence-electron chi connectivity index (χ2n) is 5.17. The standard InChI is InChI=1S/C14H18N2O3S/c15-9-11-4-6-14(7-5-11)20(18,19)16-10-12-2-1-3-13(17)8-12/h4-7,12-13,16-17H,1-3,8,10H2/t12-,13+/m1/s1. The van der Waals surface area contributed by atoms with Crippen LogP contribution in [0.5, 0.6) is 0 Å². The van der Waals surface area contributed by atoms with Crippen molar-refractivity contribution in [3.05, 3.63) is 29.8 Å². The molecule has 1 saturated carbocycles. The van der Waals surface area contributed by atoms with Crippen molar-refractivity contribution < 1.29 is 13.5 Å². The van der Waals surface area contributed by atoms with Gasteiger partial charge in [0.25, 0.3) is 0 Å². The molecule has 6 heteroatoms. The number of rotatable bonds is 4. The van der Waals surface area contributed by atoms with Gasteiger partial charge >= 0.3 is 0 Å². The average Bonchev–Trinajstić information content (AvgIpc) is 2.45. The Bertz CT molecular complexity index is 590. The van der Waals surface area contributed by atoms with Gasteiger partial charge in [-0.3, -0.25) is 0 Å². The van der Waals surface area contributed by atoms with Crippen LogP contribution in [0.1, 0.15) is 31.2 Å². The molecule has 1 aromatic carbocycles. The summed E-state index contributed by atoms with van der Waals surface area (Å²) in [5.74, 6) is 0.187. The van der Waals surface area contributed by atoms with Crippen molar-refractivity contribution in [1.82, 2.24) is 4.72 Å². The number of hydrogen-bond acceptors (Lipinski definition) is 4. The van der Waals surface area contributed by atoms with Crippen molar-refractivity contribution in [2.24, 2.45) is 5.92 Å². The van der Waals surface area contributed by atoms with Crippen LogP contribution in [0.15, 0.2) is 29.2 Å². The first-order valence-corrected chi connectivity index (χ1v) is 8.17. The molecule has 0 radical (unpaired) electrons. The zero-order valence-electron chi connectivity index (χ0n) is 11.1. The van der Waals surface area contributed by atoms with Crippen LogP contribution in [0.4, 0.5) is 0 Å². The second-order valence-corrected chi connectivity index (χ2v) is 6.94. The van der Waals surface area contributed by atoms with Crippen LogP contribution in [0, 0.1) is 17.2 Å². The van der Waals surface area contributed by atoms with E-state index in [1.807, 2.05) is 6.07 Å². The van der Waals surface area contributed by atoms with Gasteiger partial charge in [0.15, 0.2) is 0 Å². The number of sulfonamides is 1. The maximum atomic E-state index is 12.1. The Hall–Kier alpha value is -1.42. The highest BCUT2D eigenvalue weighted by molar-refractivity contribution is 7.89. The van der Waals surface area contributed by atoms with Crippen LogP contribution in [-0.4, -0.2) is 26.2 Å². The normalized spacial score (nSPS) is 23.2. The van der Waals surface area contributed by atoms with Crippen molar-refractivity contribution in [3.8, 4) is 6.07 Å². The van der Waals surface area contributed by atoms with E-state index in [1.54, 1.807) is 0 Å². The van der Waals surface area contributed by atoms with Gasteiger partial charge in [-0.25, -0.2) is 13.1 Å². The van der Waals surface area contributed by atoms with E-state index >= 15 is 0 Å². The highest BCUT2D eigenvalue weighted by Gasteiger charge is 2.22. The Kier molecular flexibility index (Phi) is 4.76. The van der Waals surface area contributed by atoms with Crippen molar-refractivity contribution in [1.29, 1.82) is 5.26 Å². The largest absolute Gasteiger partial charge is 0.393 e. The van der Waals surface area contributed by atoms with E-state index in [1.165, 1.54) is 24.3 Å². The predicted molar refractivity (Wildman–Crippen MR) is 74.3 cm³/mol. The molecule has 1 fully saturated rings. The van der Waals surface area contributed by atoms with Crippen LogP contribution in [0.2, 0.25) is 0 Å². The lowest BCUT2D eigenvalue weighted by Crippen LogP contribution is -2.33. The number of nitrogens with one attached hydrogen (secondary N) is 1. The molecule has 0 aliphatic heterocycles. The van der Waals surface area contributed by atoms with Gasteiger partial charge in [-0.1, -0.05) is 6.42 Å². The van der Waals surface area contributed by atoms with Crippen LogP contribution in [0.25, 0.3) is 0 Å². The van der Waals surface area contributed by atoms with Gasteiger partial charge in [-0.05, 0) is 49.4 Å². The van der Waals surface area contributed by atoms with Gasteiger partial charge in [-0.2, -0.15) is 5.26 Å². The molecule has 0 aromatic heterocycles. The lowest BCUT2D eigenvalue weighted by Gasteiger charge is -2.25. The van der Waals surface area contributed by atoms with Crippen LogP contribution >= 0.6 is 0 Å². The fourth-order valence-electron chi connectivity index (χ4n) is 2.47. The summed E-state index contributed by atoms with van der Waals surface area (Å²) in [6, 6.07) is 7.78. The van der Waals surface area contributed by atoms with Gasteiger partial charge in [0.2, 0.25) is 10.0 Å². The lowest BCUT2D eigenvalue weighted by atomic mass is 9.87. The van der Waals surface area contributed by atoms with Crippen molar-refractivity contribution in [3.63, 3.8) is 0 Å². The minimum atomic E-state index is -3.54. The fraction of sp³-hybridized carbons (Fsp3) is 0.500. The molecule has 0 heterocycles. The molecule has 0 bridgehead atoms. The van der Waals surface area contributed by atoms with E-state index < -0.39 is 10.0 Å². The summed E-state index contributed by atoms with van der Waals surface area (Å²) in [6.07, 6.45) is 3.01. The molecule has 0 amide bonds. The molecule has 2 rings (SSSR count).